The molecule has 1 spiro atoms. The van der Waals surface area contributed by atoms with E-state index in [4.69, 9.17) is 0 Å². The fourth-order valence-corrected chi connectivity index (χ4v) is 5.29. The highest BCUT2D eigenvalue weighted by atomic mass is 32.1. The average molecular weight is 428 g/mol. The van der Waals surface area contributed by atoms with E-state index in [1.807, 2.05) is 18.4 Å². The topological polar surface area (TPSA) is 73.0 Å². The fraction of sp³-hybridized carbons (Fsp3) is 0.429. The number of hydrogen-bond acceptors (Lipinski definition) is 6. The highest BCUT2D eigenvalue weighted by Gasteiger charge is 2.47. The van der Waals surface area contributed by atoms with Crippen molar-refractivity contribution in [3.63, 3.8) is 0 Å². The second-order valence-corrected chi connectivity index (χ2v) is 9.28. The van der Waals surface area contributed by atoms with Crippen LogP contribution >= 0.6 is 11.3 Å². The van der Waals surface area contributed by atoms with Crippen molar-refractivity contribution >= 4 is 11.3 Å². The van der Waals surface area contributed by atoms with Crippen LogP contribution in [0.1, 0.15) is 34.9 Å². The van der Waals surface area contributed by atoms with Gasteiger partial charge in [0, 0.05) is 30.4 Å². The average Bonchev–Trinajstić information content (AvgIpc) is 3.40. The highest BCUT2D eigenvalue weighted by Crippen LogP contribution is 2.40. The van der Waals surface area contributed by atoms with E-state index in [2.05, 4.69) is 15.0 Å². The number of halogens is 1. The summed E-state index contributed by atoms with van der Waals surface area (Å²) in [5, 5.41) is 7.46. The summed E-state index contributed by atoms with van der Waals surface area (Å²) in [6, 6.07) is 6.65. The zero-order valence-electron chi connectivity index (χ0n) is 16.7. The molecule has 156 valence electrons. The quantitative estimate of drug-likeness (QED) is 0.595. The first-order valence-electron chi connectivity index (χ1n) is 10.0. The van der Waals surface area contributed by atoms with Gasteiger partial charge in [-0.2, -0.15) is 5.10 Å². The predicted molar refractivity (Wildman–Crippen MR) is 111 cm³/mol. The van der Waals surface area contributed by atoms with Crippen LogP contribution in [0.2, 0.25) is 0 Å². The molecule has 9 heteroatoms. The van der Waals surface area contributed by atoms with E-state index in [1.54, 1.807) is 16.7 Å². The number of nitrogens with zero attached hydrogens (tertiary/aromatic N) is 5. The summed E-state index contributed by atoms with van der Waals surface area (Å²) in [5.74, 6) is 0.461. The van der Waals surface area contributed by atoms with Crippen LogP contribution in [0.15, 0.2) is 39.2 Å². The zero-order valence-corrected chi connectivity index (χ0v) is 17.5. The highest BCUT2D eigenvalue weighted by molar-refractivity contribution is 7.09. The lowest BCUT2D eigenvalue weighted by Gasteiger charge is -2.23. The molecule has 4 heterocycles. The van der Waals surface area contributed by atoms with Gasteiger partial charge in [0.05, 0.1) is 17.2 Å². The largest absolute Gasteiger partial charge is 0.332 e. The van der Waals surface area contributed by atoms with E-state index in [0.29, 0.717) is 18.9 Å². The minimum atomic E-state index is -0.601. The lowest BCUT2D eigenvalue weighted by atomic mass is 9.85. The summed E-state index contributed by atoms with van der Waals surface area (Å²) in [6.45, 7) is 4.86. The standard InChI is InChI=1S/C21H22FN5O2S/c1-14-23-17(12-30-14)11-27-19(29)18(28)26-8-6-21(20(26)24-27)5-7-25(13-21)10-15-3-2-4-16(22)9-15/h2-4,9,12H,5-8,10-11,13H2,1H3/t21-/m0/s1. The third-order valence-electron chi connectivity index (χ3n) is 6.13. The Labute approximate surface area is 176 Å². The molecule has 0 bridgehead atoms. The van der Waals surface area contributed by atoms with Crippen LogP contribution < -0.4 is 11.1 Å². The normalized spacial score (nSPS) is 20.9. The van der Waals surface area contributed by atoms with Crippen LogP contribution in [0.25, 0.3) is 0 Å². The molecule has 30 heavy (non-hydrogen) atoms. The molecule has 1 atom stereocenters. The first-order valence-corrected chi connectivity index (χ1v) is 10.9. The van der Waals surface area contributed by atoms with E-state index in [9.17, 15) is 14.0 Å². The predicted octanol–water partition coefficient (Wildman–Crippen LogP) is 1.90. The summed E-state index contributed by atoms with van der Waals surface area (Å²) < 4.78 is 16.4. The number of aromatic nitrogens is 4. The van der Waals surface area contributed by atoms with Crippen molar-refractivity contribution < 1.29 is 4.39 Å². The minimum Gasteiger partial charge on any atom is -0.298 e. The number of hydrogen-bond donors (Lipinski definition) is 0. The summed E-state index contributed by atoms with van der Waals surface area (Å²) in [6.07, 6.45) is 1.65. The summed E-state index contributed by atoms with van der Waals surface area (Å²) >= 11 is 1.51. The van der Waals surface area contributed by atoms with E-state index in [-0.39, 0.29) is 17.8 Å². The zero-order chi connectivity index (χ0) is 20.9. The van der Waals surface area contributed by atoms with Crippen molar-refractivity contribution in [3.05, 3.63) is 78.3 Å². The molecule has 7 nitrogen and oxygen atoms in total. The first-order chi connectivity index (χ1) is 14.4. The number of aryl methyl sites for hydroxylation is 1. The van der Waals surface area contributed by atoms with Crippen molar-refractivity contribution in [1.29, 1.82) is 0 Å². The van der Waals surface area contributed by atoms with Crippen LogP contribution in [0.4, 0.5) is 4.39 Å². The van der Waals surface area contributed by atoms with Gasteiger partial charge in [0.25, 0.3) is 0 Å². The van der Waals surface area contributed by atoms with Crippen LogP contribution in [0.3, 0.4) is 0 Å². The Morgan fingerprint density at radius 2 is 2.00 bits per heavy atom. The van der Waals surface area contributed by atoms with Gasteiger partial charge in [-0.3, -0.25) is 19.1 Å². The molecular formula is C21H22FN5O2S. The first kappa shape index (κ1) is 19.3. The van der Waals surface area contributed by atoms with Gasteiger partial charge in [0.2, 0.25) is 0 Å². The third kappa shape index (κ3) is 3.31. The van der Waals surface area contributed by atoms with Crippen LogP contribution in [-0.4, -0.2) is 37.3 Å². The van der Waals surface area contributed by atoms with Gasteiger partial charge < -0.3 is 0 Å². The van der Waals surface area contributed by atoms with Gasteiger partial charge in [-0.05, 0) is 44.0 Å². The minimum absolute atomic E-state index is 0.204. The Balaban J connectivity index is 1.44. The van der Waals surface area contributed by atoms with Crippen molar-refractivity contribution in [2.24, 2.45) is 0 Å². The smallest absolute Gasteiger partial charge is 0.298 e. The molecule has 0 N–H and O–H groups in total. The SMILES string of the molecule is Cc1nc(Cn2nc3n(c(=O)c2=O)CC[C@]32CCN(Cc3cccc(F)c3)C2)cs1. The maximum Gasteiger partial charge on any atom is 0.332 e. The molecule has 0 saturated carbocycles. The monoisotopic (exact) mass is 427 g/mol. The maximum absolute atomic E-state index is 13.5. The molecule has 3 aromatic rings. The second kappa shape index (κ2) is 7.24. The molecule has 1 aromatic carbocycles. The molecule has 0 amide bonds. The molecule has 0 unspecified atom stereocenters. The van der Waals surface area contributed by atoms with Crippen molar-refractivity contribution in [1.82, 2.24) is 24.2 Å². The molecule has 2 aromatic heterocycles. The van der Waals surface area contributed by atoms with Crippen LogP contribution in [0, 0.1) is 12.7 Å². The van der Waals surface area contributed by atoms with E-state index >= 15 is 0 Å². The molecule has 0 radical (unpaired) electrons. The van der Waals surface area contributed by atoms with Gasteiger partial charge in [-0.15, -0.1) is 11.3 Å². The molecule has 1 fully saturated rings. The van der Waals surface area contributed by atoms with Gasteiger partial charge in [0.1, 0.15) is 11.6 Å². The van der Waals surface area contributed by atoms with E-state index in [1.165, 1.54) is 22.1 Å². The van der Waals surface area contributed by atoms with Gasteiger partial charge in [-0.1, -0.05) is 12.1 Å². The molecule has 5 rings (SSSR count). The number of fused-ring (bicyclic) bond motifs is 2. The van der Waals surface area contributed by atoms with E-state index < -0.39 is 11.1 Å². The van der Waals surface area contributed by atoms with Gasteiger partial charge in [0.15, 0.2) is 0 Å². The lowest BCUT2D eigenvalue weighted by molar-refractivity contribution is 0.297. The fourth-order valence-electron chi connectivity index (χ4n) is 4.69. The van der Waals surface area contributed by atoms with Gasteiger partial charge in [-0.25, -0.2) is 14.1 Å². The third-order valence-corrected chi connectivity index (χ3v) is 6.95. The second-order valence-electron chi connectivity index (χ2n) is 8.22. The summed E-state index contributed by atoms with van der Waals surface area (Å²) in [5.41, 5.74) is 0.310. The van der Waals surface area contributed by atoms with Crippen molar-refractivity contribution in [2.45, 2.75) is 44.8 Å². The number of rotatable bonds is 4. The van der Waals surface area contributed by atoms with Gasteiger partial charge >= 0.3 is 11.1 Å². The Kier molecular flexibility index (Phi) is 4.67. The number of thiazole rings is 1. The number of likely N-dealkylation sites (tertiary alicyclic amines) is 1. The number of benzene rings is 1. The Morgan fingerprint density at radius 3 is 2.77 bits per heavy atom. The molecule has 1 saturated heterocycles. The van der Waals surface area contributed by atoms with Crippen LogP contribution in [-0.2, 0) is 25.0 Å². The van der Waals surface area contributed by atoms with Crippen molar-refractivity contribution in [2.75, 3.05) is 13.1 Å². The van der Waals surface area contributed by atoms with Crippen molar-refractivity contribution in [3.8, 4) is 0 Å². The maximum atomic E-state index is 13.5. The molecule has 2 aliphatic heterocycles. The Bertz CT molecular complexity index is 1230. The van der Waals surface area contributed by atoms with Crippen LogP contribution in [0.5, 0.6) is 0 Å². The Morgan fingerprint density at radius 1 is 1.17 bits per heavy atom. The molecule has 0 aliphatic carbocycles. The summed E-state index contributed by atoms with van der Waals surface area (Å²) in [4.78, 5) is 32.0. The van der Waals surface area contributed by atoms with E-state index in [0.717, 1.165) is 42.2 Å². The molecule has 2 aliphatic rings. The Hall–Kier alpha value is -2.65. The summed E-state index contributed by atoms with van der Waals surface area (Å²) in [7, 11) is 0. The molecular weight excluding hydrogens is 405 g/mol. The lowest BCUT2D eigenvalue weighted by Crippen LogP contribution is -2.45.